The van der Waals surface area contributed by atoms with E-state index < -0.39 is 0 Å². The maximum atomic E-state index is 12.9. The summed E-state index contributed by atoms with van der Waals surface area (Å²) < 4.78 is 0. The van der Waals surface area contributed by atoms with Gasteiger partial charge in [-0.05, 0) is 16.7 Å². The fourth-order valence-electron chi connectivity index (χ4n) is 4.02. The lowest BCUT2D eigenvalue weighted by molar-refractivity contribution is -0.132. The molecule has 1 heterocycles. The van der Waals surface area contributed by atoms with E-state index in [0.29, 0.717) is 6.54 Å². The summed E-state index contributed by atoms with van der Waals surface area (Å²) in [5.74, 6) is 0.172. The van der Waals surface area contributed by atoms with Crippen molar-refractivity contribution in [2.24, 2.45) is 0 Å². The lowest BCUT2D eigenvalue weighted by Gasteiger charge is -2.35. The Bertz CT molecular complexity index is 867. The van der Waals surface area contributed by atoms with Crippen molar-refractivity contribution >= 4 is 5.91 Å². The fraction of sp³-hybridized carbons (Fsp3) is 0.269. The highest BCUT2D eigenvalue weighted by Crippen LogP contribution is 2.21. The highest BCUT2D eigenvalue weighted by atomic mass is 16.2. The number of piperazine rings is 1. The van der Waals surface area contributed by atoms with Gasteiger partial charge in [0.2, 0.25) is 5.91 Å². The number of benzene rings is 3. The van der Waals surface area contributed by atoms with Crippen LogP contribution in [0.2, 0.25) is 0 Å². The van der Waals surface area contributed by atoms with Crippen molar-refractivity contribution < 1.29 is 4.79 Å². The van der Waals surface area contributed by atoms with Crippen LogP contribution >= 0.6 is 0 Å². The van der Waals surface area contributed by atoms with Crippen LogP contribution < -0.4 is 5.32 Å². The Kier molecular flexibility index (Phi) is 6.91. The van der Waals surface area contributed by atoms with Gasteiger partial charge in [0.05, 0.1) is 12.6 Å². The molecule has 0 saturated carbocycles. The van der Waals surface area contributed by atoms with E-state index in [1.165, 1.54) is 16.7 Å². The van der Waals surface area contributed by atoms with Crippen LogP contribution in [-0.4, -0.2) is 48.4 Å². The average Bonchev–Trinajstić information content (AvgIpc) is 2.82. The van der Waals surface area contributed by atoms with Crippen molar-refractivity contribution in [3.63, 3.8) is 0 Å². The fourth-order valence-corrected chi connectivity index (χ4v) is 4.02. The third kappa shape index (κ3) is 5.35. The molecular formula is C26H29N3O. The van der Waals surface area contributed by atoms with Gasteiger partial charge in [-0.3, -0.25) is 15.0 Å². The molecule has 1 fully saturated rings. The molecule has 1 amide bonds. The molecule has 1 saturated heterocycles. The molecule has 4 heteroatoms. The van der Waals surface area contributed by atoms with E-state index >= 15 is 0 Å². The van der Waals surface area contributed by atoms with Crippen LogP contribution in [0, 0.1) is 0 Å². The van der Waals surface area contributed by atoms with E-state index in [1.807, 2.05) is 47.4 Å². The monoisotopic (exact) mass is 399 g/mol. The van der Waals surface area contributed by atoms with Crippen LogP contribution in [0.15, 0.2) is 91.0 Å². The third-order valence-corrected chi connectivity index (χ3v) is 5.70. The average molecular weight is 400 g/mol. The Labute approximate surface area is 179 Å². The van der Waals surface area contributed by atoms with Gasteiger partial charge in [-0.15, -0.1) is 0 Å². The zero-order chi connectivity index (χ0) is 20.6. The predicted octanol–water partition coefficient (Wildman–Crippen LogP) is 3.71. The number of nitrogens with zero attached hydrogens (tertiary/aromatic N) is 2. The predicted molar refractivity (Wildman–Crippen MR) is 121 cm³/mol. The number of carbonyl (C=O) groups is 1. The Hall–Kier alpha value is -2.95. The summed E-state index contributed by atoms with van der Waals surface area (Å²) in [6, 6.07) is 31.2. The van der Waals surface area contributed by atoms with Crippen molar-refractivity contribution in [1.29, 1.82) is 0 Å². The van der Waals surface area contributed by atoms with Gasteiger partial charge >= 0.3 is 0 Å². The molecule has 154 valence electrons. The Morgan fingerprint density at radius 2 is 1.23 bits per heavy atom. The van der Waals surface area contributed by atoms with Gasteiger partial charge in [0.15, 0.2) is 0 Å². The van der Waals surface area contributed by atoms with Crippen molar-refractivity contribution in [2.45, 2.75) is 12.6 Å². The lowest BCUT2D eigenvalue weighted by atomic mass is 9.99. The summed E-state index contributed by atoms with van der Waals surface area (Å²) in [4.78, 5) is 17.3. The van der Waals surface area contributed by atoms with Gasteiger partial charge in [-0.25, -0.2) is 0 Å². The first-order valence-corrected chi connectivity index (χ1v) is 10.7. The first-order chi connectivity index (χ1) is 14.8. The summed E-state index contributed by atoms with van der Waals surface area (Å²) in [5.41, 5.74) is 3.67. The van der Waals surface area contributed by atoms with E-state index in [1.54, 1.807) is 0 Å². The summed E-state index contributed by atoms with van der Waals surface area (Å²) in [7, 11) is 0. The number of hydrogen-bond acceptors (Lipinski definition) is 3. The molecule has 0 atom stereocenters. The van der Waals surface area contributed by atoms with Crippen LogP contribution in [-0.2, 0) is 11.3 Å². The largest absolute Gasteiger partial charge is 0.339 e. The number of rotatable bonds is 7. The molecule has 0 radical (unpaired) electrons. The minimum atomic E-state index is 0.00993. The quantitative estimate of drug-likeness (QED) is 0.658. The summed E-state index contributed by atoms with van der Waals surface area (Å²) in [6.07, 6.45) is 0. The summed E-state index contributed by atoms with van der Waals surface area (Å²) in [6.45, 7) is 4.70. The highest BCUT2D eigenvalue weighted by Gasteiger charge is 2.22. The highest BCUT2D eigenvalue weighted by molar-refractivity contribution is 5.78. The topological polar surface area (TPSA) is 35.6 Å². The Morgan fingerprint density at radius 1 is 0.733 bits per heavy atom. The van der Waals surface area contributed by atoms with E-state index in [-0.39, 0.29) is 11.9 Å². The van der Waals surface area contributed by atoms with E-state index in [2.05, 4.69) is 58.7 Å². The van der Waals surface area contributed by atoms with Crippen LogP contribution in [0.3, 0.4) is 0 Å². The lowest BCUT2D eigenvalue weighted by Crippen LogP contribution is -2.50. The molecular weight excluding hydrogens is 370 g/mol. The van der Waals surface area contributed by atoms with Crippen LogP contribution in [0.4, 0.5) is 0 Å². The van der Waals surface area contributed by atoms with Crippen molar-refractivity contribution in [3.05, 3.63) is 108 Å². The molecule has 0 bridgehead atoms. The molecule has 1 aliphatic rings. The number of amides is 1. The van der Waals surface area contributed by atoms with Crippen LogP contribution in [0.1, 0.15) is 22.7 Å². The van der Waals surface area contributed by atoms with Crippen molar-refractivity contribution in [1.82, 2.24) is 15.1 Å². The maximum Gasteiger partial charge on any atom is 0.236 e. The minimum absolute atomic E-state index is 0.00993. The van der Waals surface area contributed by atoms with Gasteiger partial charge in [-0.2, -0.15) is 0 Å². The zero-order valence-corrected chi connectivity index (χ0v) is 17.3. The number of carbonyl (C=O) groups excluding carboxylic acids is 1. The zero-order valence-electron chi connectivity index (χ0n) is 17.3. The molecule has 30 heavy (non-hydrogen) atoms. The SMILES string of the molecule is O=C(CNC(c1ccccc1)c1ccccc1)N1CCN(Cc2ccccc2)CC1. The van der Waals surface area contributed by atoms with Gasteiger partial charge in [0.1, 0.15) is 0 Å². The van der Waals surface area contributed by atoms with E-state index in [0.717, 1.165) is 32.7 Å². The summed E-state index contributed by atoms with van der Waals surface area (Å²) >= 11 is 0. The van der Waals surface area contributed by atoms with E-state index in [4.69, 9.17) is 0 Å². The van der Waals surface area contributed by atoms with Crippen LogP contribution in [0.25, 0.3) is 0 Å². The molecule has 3 aromatic carbocycles. The van der Waals surface area contributed by atoms with Gasteiger partial charge in [0, 0.05) is 32.7 Å². The molecule has 1 N–H and O–H groups in total. The van der Waals surface area contributed by atoms with E-state index in [9.17, 15) is 4.79 Å². The third-order valence-electron chi connectivity index (χ3n) is 5.70. The van der Waals surface area contributed by atoms with Gasteiger partial charge < -0.3 is 4.90 Å². The van der Waals surface area contributed by atoms with Gasteiger partial charge in [-0.1, -0.05) is 91.0 Å². The second-order valence-electron chi connectivity index (χ2n) is 7.78. The van der Waals surface area contributed by atoms with Crippen molar-refractivity contribution in [3.8, 4) is 0 Å². The molecule has 3 aromatic rings. The standard InChI is InChI=1S/C26H29N3O/c30-25(29-18-16-28(17-19-29)21-22-10-4-1-5-11-22)20-27-26(23-12-6-2-7-13-23)24-14-8-3-9-15-24/h1-15,26-27H,16-21H2. The first kappa shape index (κ1) is 20.3. The summed E-state index contributed by atoms with van der Waals surface area (Å²) in [5, 5.41) is 3.50. The smallest absolute Gasteiger partial charge is 0.236 e. The maximum absolute atomic E-state index is 12.9. The normalized spacial score (nSPS) is 14.8. The van der Waals surface area contributed by atoms with Gasteiger partial charge in [0.25, 0.3) is 0 Å². The molecule has 4 nitrogen and oxygen atoms in total. The molecule has 4 rings (SSSR count). The molecule has 1 aliphatic heterocycles. The molecule has 0 aliphatic carbocycles. The molecule has 0 aromatic heterocycles. The Morgan fingerprint density at radius 3 is 1.77 bits per heavy atom. The second kappa shape index (κ2) is 10.2. The molecule has 0 spiro atoms. The second-order valence-corrected chi connectivity index (χ2v) is 7.78. The molecule has 0 unspecified atom stereocenters. The first-order valence-electron chi connectivity index (χ1n) is 10.7. The van der Waals surface area contributed by atoms with Crippen molar-refractivity contribution in [2.75, 3.05) is 32.7 Å². The Balaban J connectivity index is 1.32. The minimum Gasteiger partial charge on any atom is -0.339 e. The van der Waals surface area contributed by atoms with Crippen LogP contribution in [0.5, 0.6) is 0 Å². The number of hydrogen-bond donors (Lipinski definition) is 1. The number of nitrogens with one attached hydrogen (secondary N) is 1.